The fourth-order valence-electron chi connectivity index (χ4n) is 3.14. The van der Waals surface area contributed by atoms with Crippen LogP contribution in [0, 0.1) is 10.1 Å². The number of aromatic nitrogens is 2. The lowest BCUT2D eigenvalue weighted by molar-refractivity contribution is -0.386. The first-order chi connectivity index (χ1) is 15.7. The highest BCUT2D eigenvalue weighted by Gasteiger charge is 2.22. The van der Waals surface area contributed by atoms with Gasteiger partial charge >= 0.3 is 5.69 Å². The van der Waals surface area contributed by atoms with Gasteiger partial charge in [0.2, 0.25) is 5.75 Å². The van der Waals surface area contributed by atoms with E-state index in [9.17, 15) is 14.9 Å². The van der Waals surface area contributed by atoms with Crippen LogP contribution in [0.25, 0.3) is 10.9 Å². The predicted octanol–water partition coefficient (Wildman–Crippen LogP) is 6.29. The summed E-state index contributed by atoms with van der Waals surface area (Å²) in [5.41, 5.74) is 0.267. The van der Waals surface area contributed by atoms with E-state index in [4.69, 9.17) is 16.3 Å². The molecule has 33 heavy (non-hydrogen) atoms. The first kappa shape index (κ1) is 24.9. The topological polar surface area (TPSA) is 99.6 Å². The van der Waals surface area contributed by atoms with Gasteiger partial charge in [-0.1, -0.05) is 48.3 Å². The monoisotopic (exact) mass is 534 g/mol. The molecule has 0 aliphatic heterocycles. The van der Waals surface area contributed by atoms with Crippen molar-refractivity contribution in [3.05, 3.63) is 71.7 Å². The number of fused-ring (bicyclic) bond motifs is 1. The highest BCUT2D eigenvalue weighted by atomic mass is 79.9. The maximum Gasteiger partial charge on any atom is 0.313 e. The molecule has 0 saturated carbocycles. The number of nitro groups is 1. The van der Waals surface area contributed by atoms with Gasteiger partial charge in [0.15, 0.2) is 0 Å². The van der Waals surface area contributed by atoms with E-state index in [0.29, 0.717) is 28.7 Å². The number of nitrogens with zero attached hydrogens (tertiary/aromatic N) is 4. The van der Waals surface area contributed by atoms with Crippen LogP contribution in [-0.4, -0.2) is 26.9 Å². The molecule has 0 N–H and O–H groups in total. The lowest BCUT2D eigenvalue weighted by Gasteiger charge is -2.16. The Morgan fingerprint density at radius 1 is 1.27 bits per heavy atom. The van der Waals surface area contributed by atoms with E-state index in [2.05, 4.69) is 26.0 Å². The summed E-state index contributed by atoms with van der Waals surface area (Å²) in [5, 5.41) is 16.6. The van der Waals surface area contributed by atoms with Crippen LogP contribution in [-0.2, 0) is 0 Å². The van der Waals surface area contributed by atoms with E-state index in [-0.39, 0.29) is 34.0 Å². The Morgan fingerprint density at radius 3 is 2.64 bits per heavy atom. The van der Waals surface area contributed by atoms with Gasteiger partial charge in [-0.3, -0.25) is 14.9 Å². The van der Waals surface area contributed by atoms with E-state index in [1.54, 1.807) is 12.1 Å². The fourth-order valence-corrected chi connectivity index (χ4v) is 3.73. The normalized spacial score (nSPS) is 13.4. The molecule has 0 aliphatic carbocycles. The van der Waals surface area contributed by atoms with Crippen molar-refractivity contribution in [1.29, 1.82) is 0 Å². The fraction of sp³-hybridized carbons (Fsp3) is 0.348. The van der Waals surface area contributed by atoms with E-state index >= 15 is 0 Å². The number of hydrogen-bond donors (Lipinski definition) is 0. The molecule has 2 aromatic carbocycles. The van der Waals surface area contributed by atoms with Crippen molar-refractivity contribution in [3.63, 3.8) is 0 Å². The average molecular weight is 536 g/mol. The summed E-state index contributed by atoms with van der Waals surface area (Å²) in [5.74, 6) is 0.499. The van der Waals surface area contributed by atoms with E-state index in [1.165, 1.54) is 23.0 Å². The largest absolute Gasteiger partial charge is 0.483 e. The standard InChI is InChI=1S/C23H24BrClN4O4/c1-5-13(3)22-27-19-8-7-16(24)10-18(19)23(30)28(22)26-12-15-9-17(25)11-20(29(31)32)21(15)33-14(4)6-2/h7-14H,5-6H2,1-4H3/t13-,14+/m0/s1. The lowest BCUT2D eigenvalue weighted by Crippen LogP contribution is -2.24. The number of hydrogen-bond acceptors (Lipinski definition) is 6. The summed E-state index contributed by atoms with van der Waals surface area (Å²) in [6.07, 6.45) is 2.48. The van der Waals surface area contributed by atoms with Crippen molar-refractivity contribution >= 4 is 50.3 Å². The lowest BCUT2D eigenvalue weighted by atomic mass is 10.1. The third kappa shape index (κ3) is 5.42. The van der Waals surface area contributed by atoms with Crippen molar-refractivity contribution in [2.45, 2.75) is 52.6 Å². The van der Waals surface area contributed by atoms with Gasteiger partial charge in [-0.15, -0.1) is 0 Å². The molecule has 1 aromatic heterocycles. The van der Waals surface area contributed by atoms with Crippen molar-refractivity contribution < 1.29 is 9.66 Å². The Labute approximate surface area is 204 Å². The molecule has 0 spiro atoms. The van der Waals surface area contributed by atoms with Gasteiger partial charge in [-0.2, -0.15) is 9.78 Å². The van der Waals surface area contributed by atoms with Gasteiger partial charge in [0, 0.05) is 27.0 Å². The SMILES string of the molecule is CC[C@@H](C)Oc1c(C=Nn2c([C@@H](C)CC)nc3ccc(Br)cc3c2=O)cc(Cl)cc1[N+](=O)[O-]. The van der Waals surface area contributed by atoms with Crippen LogP contribution in [0.4, 0.5) is 5.69 Å². The minimum Gasteiger partial charge on any atom is -0.483 e. The molecule has 0 radical (unpaired) electrons. The Kier molecular flexibility index (Phi) is 7.86. The summed E-state index contributed by atoms with van der Waals surface area (Å²) in [4.78, 5) is 29.1. The highest BCUT2D eigenvalue weighted by molar-refractivity contribution is 9.10. The van der Waals surface area contributed by atoms with Crippen molar-refractivity contribution in [3.8, 4) is 5.75 Å². The maximum absolute atomic E-state index is 13.3. The van der Waals surface area contributed by atoms with Crippen LogP contribution in [0.15, 0.2) is 44.7 Å². The van der Waals surface area contributed by atoms with Gasteiger partial charge in [-0.25, -0.2) is 4.98 Å². The zero-order valence-electron chi connectivity index (χ0n) is 18.7. The predicted molar refractivity (Wildman–Crippen MR) is 134 cm³/mol. The zero-order chi connectivity index (χ0) is 24.3. The highest BCUT2D eigenvalue weighted by Crippen LogP contribution is 2.35. The quantitative estimate of drug-likeness (QED) is 0.192. The van der Waals surface area contributed by atoms with Crippen LogP contribution < -0.4 is 10.3 Å². The molecule has 0 aliphatic rings. The number of rotatable bonds is 8. The van der Waals surface area contributed by atoms with Crippen molar-refractivity contribution in [2.75, 3.05) is 0 Å². The minimum atomic E-state index is -0.549. The number of benzene rings is 2. The van der Waals surface area contributed by atoms with Gasteiger partial charge < -0.3 is 4.74 Å². The molecular formula is C23H24BrClN4O4. The molecule has 10 heteroatoms. The molecule has 0 unspecified atom stereocenters. The first-order valence-corrected chi connectivity index (χ1v) is 11.7. The summed E-state index contributed by atoms with van der Waals surface area (Å²) >= 11 is 9.53. The molecule has 0 saturated heterocycles. The molecule has 3 aromatic rings. The summed E-state index contributed by atoms with van der Waals surface area (Å²) < 4.78 is 7.83. The zero-order valence-corrected chi connectivity index (χ0v) is 21.1. The molecule has 3 rings (SSSR count). The second-order valence-corrected chi connectivity index (χ2v) is 9.09. The third-order valence-electron chi connectivity index (χ3n) is 5.35. The van der Waals surface area contributed by atoms with Gasteiger partial charge in [0.1, 0.15) is 5.82 Å². The summed E-state index contributed by atoms with van der Waals surface area (Å²) in [6, 6.07) is 8.06. The number of nitro benzene ring substituents is 1. The van der Waals surface area contributed by atoms with Crippen LogP contribution >= 0.6 is 27.5 Å². The summed E-state index contributed by atoms with van der Waals surface area (Å²) in [6.45, 7) is 7.68. The second-order valence-electron chi connectivity index (χ2n) is 7.74. The molecule has 174 valence electrons. The second kappa shape index (κ2) is 10.4. The van der Waals surface area contributed by atoms with Crippen LogP contribution in [0.1, 0.15) is 57.8 Å². The maximum atomic E-state index is 13.3. The van der Waals surface area contributed by atoms with Gasteiger partial charge in [-0.05, 0) is 44.0 Å². The van der Waals surface area contributed by atoms with Crippen LogP contribution in [0.2, 0.25) is 5.02 Å². The van der Waals surface area contributed by atoms with E-state index in [1.807, 2.05) is 33.8 Å². The molecule has 0 amide bonds. The molecule has 0 bridgehead atoms. The molecular weight excluding hydrogens is 512 g/mol. The smallest absolute Gasteiger partial charge is 0.313 e. The van der Waals surface area contributed by atoms with Crippen LogP contribution in [0.3, 0.4) is 0 Å². The van der Waals surface area contributed by atoms with Crippen molar-refractivity contribution in [1.82, 2.24) is 9.66 Å². The summed E-state index contributed by atoms with van der Waals surface area (Å²) in [7, 11) is 0. The Balaban J connectivity index is 2.24. The number of ether oxygens (including phenoxy) is 1. The Hall–Kier alpha value is -2.78. The van der Waals surface area contributed by atoms with Gasteiger partial charge in [0.05, 0.1) is 28.1 Å². The minimum absolute atomic E-state index is 0.0487. The molecule has 0 fully saturated rings. The number of halogens is 2. The van der Waals surface area contributed by atoms with E-state index < -0.39 is 4.92 Å². The first-order valence-electron chi connectivity index (χ1n) is 10.6. The van der Waals surface area contributed by atoms with E-state index in [0.717, 1.165) is 10.9 Å². The Morgan fingerprint density at radius 2 is 2.00 bits per heavy atom. The van der Waals surface area contributed by atoms with Crippen LogP contribution in [0.5, 0.6) is 5.75 Å². The molecule has 8 nitrogen and oxygen atoms in total. The third-order valence-corrected chi connectivity index (χ3v) is 6.06. The Bertz CT molecular complexity index is 1290. The molecule has 2 atom stereocenters. The van der Waals surface area contributed by atoms with Gasteiger partial charge in [0.25, 0.3) is 5.56 Å². The molecule has 1 heterocycles. The average Bonchev–Trinajstić information content (AvgIpc) is 2.79. The van der Waals surface area contributed by atoms with Crippen molar-refractivity contribution in [2.24, 2.45) is 5.10 Å².